The van der Waals surface area contributed by atoms with Crippen molar-refractivity contribution in [1.82, 2.24) is 10.2 Å². The molecule has 1 N–H and O–H groups in total. The van der Waals surface area contributed by atoms with E-state index in [1.807, 2.05) is 12.1 Å². The summed E-state index contributed by atoms with van der Waals surface area (Å²) < 4.78 is 0. The van der Waals surface area contributed by atoms with E-state index in [2.05, 4.69) is 52.7 Å². The molecule has 2 saturated heterocycles. The number of benzene rings is 2. The van der Waals surface area contributed by atoms with E-state index < -0.39 is 0 Å². The zero-order valence-electron chi connectivity index (χ0n) is 11.9. The Bertz CT molecular complexity index is 611. The van der Waals surface area contributed by atoms with Gasteiger partial charge in [-0.3, -0.25) is 4.90 Å². The van der Waals surface area contributed by atoms with Gasteiger partial charge in [-0.2, -0.15) is 0 Å². The molecule has 21 heavy (non-hydrogen) atoms. The molecule has 2 heterocycles. The van der Waals surface area contributed by atoms with Gasteiger partial charge in [0.1, 0.15) is 0 Å². The Hall–Kier alpha value is -1.35. The summed E-state index contributed by atoms with van der Waals surface area (Å²) in [5.41, 5.74) is 2.70. The second-order valence-corrected chi connectivity index (χ2v) is 6.49. The zero-order chi connectivity index (χ0) is 14.2. The first-order valence-electron chi connectivity index (χ1n) is 7.61. The Balaban J connectivity index is 1.74. The fourth-order valence-electron chi connectivity index (χ4n) is 3.77. The number of likely N-dealkylation sites (tertiary alicyclic amines) is 1. The smallest absolute Gasteiger partial charge is 0.0605 e. The van der Waals surface area contributed by atoms with Gasteiger partial charge in [0.05, 0.1) is 6.04 Å². The molecular formula is C18H19ClN2. The van der Waals surface area contributed by atoms with Crippen molar-refractivity contribution < 1.29 is 0 Å². The van der Waals surface area contributed by atoms with Crippen molar-refractivity contribution in [2.24, 2.45) is 0 Å². The van der Waals surface area contributed by atoms with Crippen molar-refractivity contribution in [2.45, 2.75) is 24.5 Å². The molecule has 4 rings (SSSR count). The van der Waals surface area contributed by atoms with E-state index in [0.29, 0.717) is 18.1 Å². The molecule has 2 fully saturated rings. The van der Waals surface area contributed by atoms with Crippen LogP contribution in [0, 0.1) is 0 Å². The van der Waals surface area contributed by atoms with Crippen molar-refractivity contribution in [3.05, 3.63) is 70.7 Å². The predicted octanol–water partition coefficient (Wildman–Crippen LogP) is 3.48. The molecule has 2 aromatic carbocycles. The van der Waals surface area contributed by atoms with Crippen LogP contribution in [-0.4, -0.2) is 30.1 Å². The summed E-state index contributed by atoms with van der Waals surface area (Å²) in [5, 5.41) is 4.39. The highest BCUT2D eigenvalue weighted by atomic mass is 35.5. The lowest BCUT2D eigenvalue weighted by atomic mass is 9.96. The fourth-order valence-corrected chi connectivity index (χ4v) is 3.89. The summed E-state index contributed by atoms with van der Waals surface area (Å²) >= 11 is 6.06. The van der Waals surface area contributed by atoms with Gasteiger partial charge in [0.15, 0.2) is 0 Å². The summed E-state index contributed by atoms with van der Waals surface area (Å²) in [6.45, 7) is 2.24. The number of piperazine rings is 1. The van der Waals surface area contributed by atoms with Crippen LogP contribution in [0.1, 0.15) is 23.6 Å². The molecule has 3 heteroatoms. The Morgan fingerprint density at radius 3 is 2.33 bits per heavy atom. The monoisotopic (exact) mass is 298 g/mol. The number of halogens is 1. The molecule has 2 aliphatic rings. The van der Waals surface area contributed by atoms with Crippen molar-refractivity contribution >= 4 is 11.6 Å². The first-order valence-corrected chi connectivity index (χ1v) is 7.98. The molecule has 0 aromatic heterocycles. The first kappa shape index (κ1) is 13.3. The normalized spacial score (nSPS) is 26.1. The van der Waals surface area contributed by atoms with Crippen molar-refractivity contribution in [2.75, 3.05) is 13.1 Å². The third kappa shape index (κ3) is 2.48. The number of nitrogens with one attached hydrogen (secondary N) is 1. The third-order valence-corrected chi connectivity index (χ3v) is 4.98. The van der Waals surface area contributed by atoms with E-state index >= 15 is 0 Å². The predicted molar refractivity (Wildman–Crippen MR) is 86.6 cm³/mol. The minimum atomic E-state index is 0.334. The first-order chi connectivity index (χ1) is 10.3. The summed E-state index contributed by atoms with van der Waals surface area (Å²) in [6.07, 6.45) is 1.27. The summed E-state index contributed by atoms with van der Waals surface area (Å²) in [7, 11) is 0. The minimum Gasteiger partial charge on any atom is -0.311 e. The number of fused-ring (bicyclic) bond motifs is 2. The molecule has 2 aliphatic heterocycles. The van der Waals surface area contributed by atoms with Gasteiger partial charge in [0.2, 0.25) is 0 Å². The van der Waals surface area contributed by atoms with Crippen LogP contribution in [0.2, 0.25) is 5.02 Å². The maximum atomic E-state index is 6.06. The van der Waals surface area contributed by atoms with Crippen LogP contribution in [0.4, 0.5) is 0 Å². The third-order valence-electron chi connectivity index (χ3n) is 4.73. The molecule has 3 atom stereocenters. The molecule has 108 valence electrons. The van der Waals surface area contributed by atoms with Gasteiger partial charge in [-0.1, -0.05) is 54.1 Å². The van der Waals surface area contributed by atoms with Gasteiger partial charge < -0.3 is 5.32 Å². The van der Waals surface area contributed by atoms with E-state index in [-0.39, 0.29) is 0 Å². The van der Waals surface area contributed by atoms with Crippen molar-refractivity contribution in [3.63, 3.8) is 0 Å². The lowest BCUT2D eigenvalue weighted by molar-refractivity contribution is 0.183. The molecule has 0 amide bonds. The van der Waals surface area contributed by atoms with Crippen LogP contribution in [0.15, 0.2) is 54.6 Å². The van der Waals surface area contributed by atoms with Crippen LogP contribution in [-0.2, 0) is 0 Å². The Kier molecular flexibility index (Phi) is 3.46. The summed E-state index contributed by atoms with van der Waals surface area (Å²) in [6, 6.07) is 20.8. The zero-order valence-corrected chi connectivity index (χ0v) is 12.6. The Morgan fingerprint density at radius 2 is 1.71 bits per heavy atom. The van der Waals surface area contributed by atoms with E-state index in [4.69, 9.17) is 11.6 Å². The molecule has 0 radical (unpaired) electrons. The highest BCUT2D eigenvalue weighted by Gasteiger charge is 2.41. The average molecular weight is 299 g/mol. The van der Waals surface area contributed by atoms with Crippen LogP contribution >= 0.6 is 11.6 Å². The number of rotatable bonds is 3. The summed E-state index contributed by atoms with van der Waals surface area (Å²) in [5.74, 6) is 0. The van der Waals surface area contributed by atoms with Gasteiger partial charge in [-0.25, -0.2) is 0 Å². The topological polar surface area (TPSA) is 15.3 Å². The number of hydrogen-bond acceptors (Lipinski definition) is 2. The van der Waals surface area contributed by atoms with Gasteiger partial charge >= 0.3 is 0 Å². The fraction of sp³-hybridized carbons (Fsp3) is 0.333. The van der Waals surface area contributed by atoms with Gasteiger partial charge in [0, 0.05) is 30.2 Å². The molecule has 0 unspecified atom stereocenters. The maximum absolute atomic E-state index is 6.06. The lowest BCUT2D eigenvalue weighted by Gasteiger charge is -2.36. The highest BCUT2D eigenvalue weighted by molar-refractivity contribution is 6.30. The van der Waals surface area contributed by atoms with Crippen molar-refractivity contribution in [3.8, 4) is 0 Å². The highest BCUT2D eigenvalue weighted by Crippen LogP contribution is 2.37. The van der Waals surface area contributed by atoms with Crippen molar-refractivity contribution in [1.29, 1.82) is 0 Å². The van der Waals surface area contributed by atoms with Gasteiger partial charge in [0.25, 0.3) is 0 Å². The van der Waals surface area contributed by atoms with Crippen LogP contribution in [0.25, 0.3) is 0 Å². The second kappa shape index (κ2) is 5.45. The van der Waals surface area contributed by atoms with E-state index in [9.17, 15) is 0 Å². The molecule has 2 bridgehead atoms. The molecule has 2 nitrogen and oxygen atoms in total. The average Bonchev–Trinajstić information content (AvgIpc) is 3.14. The van der Waals surface area contributed by atoms with Gasteiger partial charge in [-0.15, -0.1) is 0 Å². The maximum Gasteiger partial charge on any atom is 0.0605 e. The quantitative estimate of drug-likeness (QED) is 0.933. The second-order valence-electron chi connectivity index (χ2n) is 6.06. The molecule has 2 aromatic rings. The van der Waals surface area contributed by atoms with Crippen LogP contribution in [0.3, 0.4) is 0 Å². The summed E-state index contributed by atoms with van der Waals surface area (Å²) in [4.78, 5) is 2.65. The van der Waals surface area contributed by atoms with Crippen LogP contribution < -0.4 is 5.32 Å². The standard InChI is InChI=1S/C18H19ClN2/c19-15-8-6-14(7-9-15)18(13-4-2-1-3-5-13)21-12-16-10-17(21)11-20-16/h1-9,16-18,20H,10-12H2/t16-,17-,18+/m1/s1. The van der Waals surface area contributed by atoms with Crippen LogP contribution in [0.5, 0.6) is 0 Å². The van der Waals surface area contributed by atoms with E-state index in [1.165, 1.54) is 17.5 Å². The lowest BCUT2D eigenvalue weighted by Crippen LogP contribution is -2.45. The molecule has 0 aliphatic carbocycles. The molecular weight excluding hydrogens is 280 g/mol. The molecule has 0 saturated carbocycles. The minimum absolute atomic E-state index is 0.334. The van der Waals surface area contributed by atoms with E-state index in [1.54, 1.807) is 0 Å². The Labute approximate surface area is 130 Å². The number of hydrogen-bond donors (Lipinski definition) is 1. The Morgan fingerprint density at radius 1 is 1.00 bits per heavy atom. The van der Waals surface area contributed by atoms with Gasteiger partial charge in [-0.05, 0) is 29.7 Å². The molecule has 0 spiro atoms. The van der Waals surface area contributed by atoms with E-state index in [0.717, 1.165) is 18.1 Å². The largest absolute Gasteiger partial charge is 0.311 e. The number of nitrogens with zero attached hydrogens (tertiary/aromatic N) is 1. The SMILES string of the molecule is Clc1ccc([C@H](c2ccccc2)N2C[C@H]3C[C@@H]2CN3)cc1.